The Morgan fingerprint density at radius 3 is 2.25 bits per heavy atom. The molecule has 106 valence electrons. The number of benzene rings is 2. The van der Waals surface area contributed by atoms with Crippen LogP contribution < -0.4 is 4.74 Å². The molecular weight excluding hydrogens is 262 g/mol. The van der Waals surface area contributed by atoms with E-state index in [0.29, 0.717) is 17.7 Å². The minimum Gasteiger partial charge on any atom is -0.489 e. The molecule has 2 rings (SSSR count). The van der Waals surface area contributed by atoms with Crippen molar-refractivity contribution in [3.63, 3.8) is 0 Å². The molecule has 0 spiro atoms. The number of rotatable bonds is 5. The highest BCUT2D eigenvalue weighted by Crippen LogP contribution is 2.16. The van der Waals surface area contributed by atoms with Gasteiger partial charge in [-0.3, -0.25) is 0 Å². The zero-order chi connectivity index (χ0) is 14.5. The number of aliphatic hydroxyl groups is 1. The second kappa shape index (κ2) is 6.48. The van der Waals surface area contributed by atoms with Crippen LogP contribution in [-0.2, 0) is 13.0 Å². The third kappa shape index (κ3) is 4.03. The number of ether oxygens (including phenoxy) is 1. The zero-order valence-electron chi connectivity index (χ0n) is 11.1. The quantitative estimate of drug-likeness (QED) is 0.907. The first-order valence-corrected chi connectivity index (χ1v) is 6.38. The summed E-state index contributed by atoms with van der Waals surface area (Å²) in [6, 6.07) is 11.0. The Kier molecular flexibility index (Phi) is 4.69. The summed E-state index contributed by atoms with van der Waals surface area (Å²) in [4.78, 5) is 0. The van der Waals surface area contributed by atoms with Crippen molar-refractivity contribution in [2.24, 2.45) is 0 Å². The highest BCUT2D eigenvalue weighted by Gasteiger charge is 2.04. The lowest BCUT2D eigenvalue weighted by Gasteiger charge is -2.08. The lowest BCUT2D eigenvalue weighted by molar-refractivity contribution is 0.195. The van der Waals surface area contributed by atoms with E-state index in [1.807, 2.05) is 12.1 Å². The van der Waals surface area contributed by atoms with Gasteiger partial charge in [-0.25, -0.2) is 8.78 Å². The van der Waals surface area contributed by atoms with Gasteiger partial charge in [0.1, 0.15) is 12.4 Å². The van der Waals surface area contributed by atoms with Crippen molar-refractivity contribution < 1.29 is 18.6 Å². The third-order valence-corrected chi connectivity index (χ3v) is 2.84. The van der Waals surface area contributed by atoms with Gasteiger partial charge in [0.2, 0.25) is 0 Å². The van der Waals surface area contributed by atoms with Crippen LogP contribution in [0.15, 0.2) is 42.5 Å². The first kappa shape index (κ1) is 14.5. The molecule has 0 aliphatic carbocycles. The van der Waals surface area contributed by atoms with Gasteiger partial charge in [0.05, 0.1) is 6.10 Å². The molecule has 1 N–H and O–H groups in total. The maximum absolute atomic E-state index is 13.0. The molecule has 0 aromatic heterocycles. The van der Waals surface area contributed by atoms with Crippen LogP contribution in [0.1, 0.15) is 18.1 Å². The summed E-state index contributed by atoms with van der Waals surface area (Å²) in [5, 5.41) is 9.28. The first-order chi connectivity index (χ1) is 9.54. The molecule has 1 atom stereocenters. The molecule has 0 saturated heterocycles. The van der Waals surface area contributed by atoms with Crippen molar-refractivity contribution in [1.29, 1.82) is 0 Å². The van der Waals surface area contributed by atoms with Crippen LogP contribution in [0.25, 0.3) is 0 Å². The van der Waals surface area contributed by atoms with E-state index in [1.54, 1.807) is 19.1 Å². The van der Waals surface area contributed by atoms with Crippen LogP contribution in [0.2, 0.25) is 0 Å². The number of halogens is 2. The summed E-state index contributed by atoms with van der Waals surface area (Å²) in [7, 11) is 0. The molecule has 0 aliphatic heterocycles. The fourth-order valence-corrected chi connectivity index (χ4v) is 1.86. The topological polar surface area (TPSA) is 29.5 Å². The highest BCUT2D eigenvalue weighted by molar-refractivity contribution is 5.28. The van der Waals surface area contributed by atoms with Crippen LogP contribution in [0, 0.1) is 11.6 Å². The monoisotopic (exact) mass is 278 g/mol. The number of hydrogen-bond acceptors (Lipinski definition) is 2. The second-order valence-electron chi connectivity index (χ2n) is 4.73. The fraction of sp³-hybridized carbons (Fsp3) is 0.250. The van der Waals surface area contributed by atoms with Crippen molar-refractivity contribution in [3.05, 3.63) is 65.2 Å². The van der Waals surface area contributed by atoms with Gasteiger partial charge in [-0.15, -0.1) is 0 Å². The van der Waals surface area contributed by atoms with Gasteiger partial charge in [0.25, 0.3) is 0 Å². The van der Waals surface area contributed by atoms with E-state index in [-0.39, 0.29) is 12.7 Å². The predicted octanol–water partition coefficient (Wildman–Crippen LogP) is 3.47. The molecule has 0 heterocycles. The molecule has 2 aromatic carbocycles. The Hall–Kier alpha value is -1.94. The molecule has 0 amide bonds. The van der Waals surface area contributed by atoms with E-state index in [0.717, 1.165) is 17.7 Å². The van der Waals surface area contributed by atoms with Gasteiger partial charge in [0, 0.05) is 0 Å². The van der Waals surface area contributed by atoms with E-state index < -0.39 is 11.6 Å². The molecule has 2 aromatic rings. The Bertz CT molecular complexity index is 565. The lowest BCUT2D eigenvalue weighted by atomic mass is 10.1. The zero-order valence-corrected chi connectivity index (χ0v) is 11.1. The Balaban J connectivity index is 1.95. The summed E-state index contributed by atoms with van der Waals surface area (Å²) in [5.74, 6) is -1.10. The first-order valence-electron chi connectivity index (χ1n) is 6.38. The summed E-state index contributed by atoms with van der Waals surface area (Å²) >= 11 is 0. The molecule has 0 aliphatic rings. The molecule has 0 bridgehead atoms. The van der Waals surface area contributed by atoms with Gasteiger partial charge in [-0.05, 0) is 48.7 Å². The third-order valence-electron chi connectivity index (χ3n) is 2.84. The Labute approximate surface area is 116 Å². The van der Waals surface area contributed by atoms with Gasteiger partial charge < -0.3 is 9.84 Å². The summed E-state index contributed by atoms with van der Waals surface area (Å²) < 4.78 is 31.3. The molecular formula is C16H16F2O2. The minimum atomic E-state index is -0.876. The Morgan fingerprint density at radius 1 is 1.00 bits per heavy atom. The number of aliphatic hydroxyl groups excluding tert-OH is 1. The summed E-state index contributed by atoms with van der Waals surface area (Å²) in [6.45, 7) is 1.90. The van der Waals surface area contributed by atoms with Crippen molar-refractivity contribution in [2.45, 2.75) is 26.1 Å². The van der Waals surface area contributed by atoms with Gasteiger partial charge in [-0.2, -0.15) is 0 Å². The SMILES string of the molecule is CC(O)Cc1ccc(OCc2ccc(F)c(F)c2)cc1. The molecule has 1 unspecified atom stereocenters. The van der Waals surface area contributed by atoms with Gasteiger partial charge >= 0.3 is 0 Å². The van der Waals surface area contributed by atoms with Crippen LogP contribution in [-0.4, -0.2) is 11.2 Å². The molecule has 4 heteroatoms. The summed E-state index contributed by atoms with van der Waals surface area (Å²) in [5.41, 5.74) is 1.58. The van der Waals surface area contributed by atoms with Crippen molar-refractivity contribution in [1.82, 2.24) is 0 Å². The summed E-state index contributed by atoms with van der Waals surface area (Å²) in [6.07, 6.45) is 0.202. The van der Waals surface area contributed by atoms with E-state index in [1.165, 1.54) is 6.07 Å². The smallest absolute Gasteiger partial charge is 0.159 e. The lowest BCUT2D eigenvalue weighted by Crippen LogP contribution is -2.04. The largest absolute Gasteiger partial charge is 0.489 e. The van der Waals surface area contributed by atoms with Crippen molar-refractivity contribution >= 4 is 0 Å². The maximum Gasteiger partial charge on any atom is 0.159 e. The van der Waals surface area contributed by atoms with E-state index >= 15 is 0 Å². The Morgan fingerprint density at radius 2 is 1.65 bits per heavy atom. The molecule has 20 heavy (non-hydrogen) atoms. The highest BCUT2D eigenvalue weighted by atomic mass is 19.2. The molecule has 0 saturated carbocycles. The maximum atomic E-state index is 13.0. The van der Waals surface area contributed by atoms with Crippen LogP contribution in [0.3, 0.4) is 0 Å². The van der Waals surface area contributed by atoms with Crippen LogP contribution >= 0.6 is 0 Å². The molecule has 2 nitrogen and oxygen atoms in total. The van der Waals surface area contributed by atoms with E-state index in [9.17, 15) is 13.9 Å². The van der Waals surface area contributed by atoms with Crippen LogP contribution in [0.4, 0.5) is 8.78 Å². The fourth-order valence-electron chi connectivity index (χ4n) is 1.86. The number of hydrogen-bond donors (Lipinski definition) is 1. The van der Waals surface area contributed by atoms with E-state index in [4.69, 9.17) is 4.74 Å². The average molecular weight is 278 g/mol. The van der Waals surface area contributed by atoms with Gasteiger partial charge in [0.15, 0.2) is 11.6 Å². The van der Waals surface area contributed by atoms with Gasteiger partial charge in [-0.1, -0.05) is 18.2 Å². The molecule has 0 fully saturated rings. The predicted molar refractivity (Wildman–Crippen MR) is 72.5 cm³/mol. The van der Waals surface area contributed by atoms with Crippen molar-refractivity contribution in [3.8, 4) is 5.75 Å². The average Bonchev–Trinajstić information content (AvgIpc) is 2.41. The normalized spacial score (nSPS) is 12.2. The van der Waals surface area contributed by atoms with E-state index in [2.05, 4.69) is 0 Å². The minimum absolute atomic E-state index is 0.174. The standard InChI is InChI=1S/C16H16F2O2/c1-11(19)8-12-2-5-14(6-3-12)20-10-13-4-7-15(17)16(18)9-13/h2-7,9,11,19H,8,10H2,1H3. The van der Waals surface area contributed by atoms with Crippen LogP contribution in [0.5, 0.6) is 5.75 Å². The van der Waals surface area contributed by atoms with Crippen molar-refractivity contribution in [2.75, 3.05) is 0 Å². The molecule has 0 radical (unpaired) electrons. The second-order valence-corrected chi connectivity index (χ2v) is 4.73.